The summed E-state index contributed by atoms with van der Waals surface area (Å²) in [5.41, 5.74) is 2.18. The van der Waals surface area contributed by atoms with Crippen LogP contribution in [0.3, 0.4) is 0 Å². The van der Waals surface area contributed by atoms with E-state index in [1.807, 2.05) is 6.07 Å². The highest BCUT2D eigenvalue weighted by atomic mass is 16.1. The van der Waals surface area contributed by atoms with Gasteiger partial charge in [-0.15, -0.1) is 0 Å². The van der Waals surface area contributed by atoms with E-state index < -0.39 is 0 Å². The molecule has 1 saturated heterocycles. The van der Waals surface area contributed by atoms with Gasteiger partial charge in [0.1, 0.15) is 12.1 Å². The number of pyridine rings is 1. The number of aromatic nitrogens is 3. The predicted molar refractivity (Wildman–Crippen MR) is 89.9 cm³/mol. The zero-order valence-electron chi connectivity index (χ0n) is 13.1. The molecule has 0 radical (unpaired) electrons. The summed E-state index contributed by atoms with van der Waals surface area (Å²) in [6.07, 6.45) is 7.26. The summed E-state index contributed by atoms with van der Waals surface area (Å²) in [6.45, 7) is 3.71. The lowest BCUT2D eigenvalue weighted by Gasteiger charge is -2.36. The fourth-order valence-corrected chi connectivity index (χ4v) is 3.08. The summed E-state index contributed by atoms with van der Waals surface area (Å²) in [5, 5.41) is 0. The first-order chi connectivity index (χ1) is 11.3. The molecule has 1 saturated carbocycles. The fourth-order valence-electron chi connectivity index (χ4n) is 3.08. The topological polar surface area (TPSA) is 65.1 Å². The van der Waals surface area contributed by atoms with Gasteiger partial charge in [-0.05, 0) is 31.2 Å². The van der Waals surface area contributed by atoms with E-state index in [-0.39, 0.29) is 5.56 Å². The maximum atomic E-state index is 11.2. The third-order valence-corrected chi connectivity index (χ3v) is 4.64. The summed E-state index contributed by atoms with van der Waals surface area (Å²) in [7, 11) is 0. The number of aromatic amines is 1. The van der Waals surface area contributed by atoms with Gasteiger partial charge in [0.25, 0.3) is 0 Å². The first kappa shape index (κ1) is 14.2. The van der Waals surface area contributed by atoms with Crippen molar-refractivity contribution in [3.63, 3.8) is 0 Å². The lowest BCUT2D eigenvalue weighted by atomic mass is 10.2. The fraction of sp³-hybridized carbons (Fsp3) is 0.471. The average molecular weight is 311 g/mol. The Kier molecular flexibility index (Phi) is 3.73. The van der Waals surface area contributed by atoms with Crippen LogP contribution in [0.4, 0.5) is 11.5 Å². The maximum Gasteiger partial charge on any atom is 0.248 e. The number of nitrogens with zero attached hydrogens (tertiary/aromatic N) is 4. The minimum atomic E-state index is -0.0587. The Hall–Kier alpha value is -2.37. The molecule has 2 aromatic rings. The molecule has 120 valence electrons. The van der Waals surface area contributed by atoms with Gasteiger partial charge in [0, 0.05) is 50.2 Å². The highest BCUT2D eigenvalue weighted by Crippen LogP contribution is 2.32. The summed E-state index contributed by atoms with van der Waals surface area (Å²) < 4.78 is 0. The van der Waals surface area contributed by atoms with Crippen LogP contribution in [0.2, 0.25) is 0 Å². The minimum absolute atomic E-state index is 0.0587. The van der Waals surface area contributed by atoms with Crippen LogP contribution in [0.1, 0.15) is 18.5 Å². The smallest absolute Gasteiger partial charge is 0.248 e. The monoisotopic (exact) mass is 311 g/mol. The second-order valence-electron chi connectivity index (χ2n) is 6.40. The third-order valence-electron chi connectivity index (χ3n) is 4.64. The molecule has 0 atom stereocenters. The largest absolute Gasteiger partial charge is 0.367 e. The van der Waals surface area contributed by atoms with E-state index in [0.717, 1.165) is 50.0 Å². The molecular weight excluding hydrogens is 290 g/mol. The Labute approximate surface area is 135 Å². The van der Waals surface area contributed by atoms with E-state index in [1.54, 1.807) is 18.6 Å². The molecule has 1 aliphatic heterocycles. The van der Waals surface area contributed by atoms with Gasteiger partial charge in [-0.25, -0.2) is 9.97 Å². The molecule has 23 heavy (non-hydrogen) atoms. The van der Waals surface area contributed by atoms with Crippen molar-refractivity contribution in [2.24, 2.45) is 5.92 Å². The van der Waals surface area contributed by atoms with Crippen molar-refractivity contribution in [2.75, 3.05) is 36.0 Å². The van der Waals surface area contributed by atoms with Gasteiger partial charge in [0.2, 0.25) is 5.56 Å². The summed E-state index contributed by atoms with van der Waals surface area (Å²) >= 11 is 0. The molecule has 3 heterocycles. The number of hydrogen-bond donors (Lipinski definition) is 1. The number of H-pyrrole nitrogens is 1. The third kappa shape index (κ3) is 3.36. The highest BCUT2D eigenvalue weighted by Gasteiger charge is 2.23. The quantitative estimate of drug-likeness (QED) is 0.926. The maximum absolute atomic E-state index is 11.2. The Morgan fingerprint density at radius 2 is 1.87 bits per heavy atom. The predicted octanol–water partition coefficient (Wildman–Crippen LogP) is 1.44. The van der Waals surface area contributed by atoms with E-state index in [9.17, 15) is 4.79 Å². The van der Waals surface area contributed by atoms with E-state index >= 15 is 0 Å². The first-order valence-corrected chi connectivity index (χ1v) is 8.27. The first-order valence-electron chi connectivity index (χ1n) is 8.27. The molecule has 6 heteroatoms. The molecule has 0 unspecified atom stereocenters. The Morgan fingerprint density at radius 1 is 1.09 bits per heavy atom. The second-order valence-corrected chi connectivity index (χ2v) is 6.40. The van der Waals surface area contributed by atoms with E-state index in [0.29, 0.717) is 0 Å². The molecule has 0 bridgehead atoms. The van der Waals surface area contributed by atoms with Crippen LogP contribution < -0.4 is 15.4 Å². The number of hydrogen-bond acceptors (Lipinski definition) is 5. The van der Waals surface area contributed by atoms with Crippen LogP contribution in [-0.4, -0.2) is 41.1 Å². The van der Waals surface area contributed by atoms with Gasteiger partial charge < -0.3 is 14.8 Å². The number of nitrogens with one attached hydrogen (secondary N) is 1. The van der Waals surface area contributed by atoms with Crippen LogP contribution in [0.25, 0.3) is 0 Å². The van der Waals surface area contributed by atoms with Crippen LogP contribution in [0.5, 0.6) is 0 Å². The Morgan fingerprint density at radius 3 is 2.57 bits per heavy atom. The zero-order chi connectivity index (χ0) is 15.6. The van der Waals surface area contributed by atoms with Gasteiger partial charge in [-0.2, -0.15) is 0 Å². The summed E-state index contributed by atoms with van der Waals surface area (Å²) in [6, 6.07) is 5.61. The number of piperazine rings is 1. The van der Waals surface area contributed by atoms with E-state index in [2.05, 4.69) is 30.8 Å². The molecule has 2 fully saturated rings. The van der Waals surface area contributed by atoms with Crippen LogP contribution in [0, 0.1) is 5.92 Å². The highest BCUT2D eigenvalue weighted by molar-refractivity contribution is 5.47. The molecule has 0 aromatic carbocycles. The molecular formula is C17H21N5O. The average Bonchev–Trinajstić information content (AvgIpc) is 3.40. The zero-order valence-corrected chi connectivity index (χ0v) is 13.1. The van der Waals surface area contributed by atoms with Crippen molar-refractivity contribution in [3.8, 4) is 0 Å². The molecule has 1 aliphatic carbocycles. The van der Waals surface area contributed by atoms with E-state index in [1.165, 1.54) is 18.5 Å². The van der Waals surface area contributed by atoms with Crippen molar-refractivity contribution in [1.29, 1.82) is 0 Å². The van der Waals surface area contributed by atoms with Crippen LogP contribution in [0.15, 0.2) is 35.5 Å². The minimum Gasteiger partial charge on any atom is -0.367 e. The molecule has 2 aliphatic rings. The molecule has 4 rings (SSSR count). The number of anilines is 2. The molecule has 0 spiro atoms. The number of rotatable bonds is 4. The van der Waals surface area contributed by atoms with Gasteiger partial charge in [-0.3, -0.25) is 4.79 Å². The Bertz CT molecular complexity index is 711. The molecule has 6 nitrogen and oxygen atoms in total. The standard InChI is InChI=1S/C17H21N5O/c23-17-4-3-15(11-18-17)21-5-7-22(8-6-21)16-10-14(19-12-20-16)9-13-1-2-13/h3-4,10-13H,1-2,5-9H2,(H,18,23). The van der Waals surface area contributed by atoms with Gasteiger partial charge in [-0.1, -0.05) is 0 Å². The van der Waals surface area contributed by atoms with Crippen LogP contribution >= 0.6 is 0 Å². The van der Waals surface area contributed by atoms with Crippen molar-refractivity contribution in [2.45, 2.75) is 19.3 Å². The van der Waals surface area contributed by atoms with Crippen molar-refractivity contribution in [3.05, 3.63) is 46.8 Å². The summed E-state index contributed by atoms with van der Waals surface area (Å²) in [5.74, 6) is 1.88. The van der Waals surface area contributed by atoms with E-state index in [4.69, 9.17) is 0 Å². The molecule has 1 N–H and O–H groups in total. The lowest BCUT2D eigenvalue weighted by Crippen LogP contribution is -2.47. The van der Waals surface area contributed by atoms with Crippen molar-refractivity contribution < 1.29 is 0 Å². The van der Waals surface area contributed by atoms with Gasteiger partial charge >= 0.3 is 0 Å². The van der Waals surface area contributed by atoms with Crippen LogP contribution in [-0.2, 0) is 6.42 Å². The van der Waals surface area contributed by atoms with Crippen molar-refractivity contribution in [1.82, 2.24) is 15.0 Å². The lowest BCUT2D eigenvalue weighted by molar-refractivity contribution is 0.644. The molecule has 2 aromatic heterocycles. The SMILES string of the molecule is O=c1ccc(N2CCN(c3cc(CC4CC4)ncn3)CC2)c[nH]1. The normalized spacial score (nSPS) is 18.3. The van der Waals surface area contributed by atoms with Gasteiger partial charge in [0.05, 0.1) is 5.69 Å². The second kappa shape index (κ2) is 6.02. The summed E-state index contributed by atoms with van der Waals surface area (Å²) in [4.78, 5) is 27.4. The van der Waals surface area contributed by atoms with Crippen molar-refractivity contribution >= 4 is 11.5 Å². The Balaban J connectivity index is 1.40. The van der Waals surface area contributed by atoms with Gasteiger partial charge in [0.15, 0.2) is 0 Å². The molecule has 0 amide bonds.